The summed E-state index contributed by atoms with van der Waals surface area (Å²) in [7, 11) is 0. The van der Waals surface area contributed by atoms with Crippen LogP contribution in [0.2, 0.25) is 0 Å². The molecule has 2 atom stereocenters. The molecule has 0 aliphatic rings. The molecule has 0 aromatic carbocycles. The fourth-order valence-corrected chi connectivity index (χ4v) is 4.65. The Morgan fingerprint density at radius 2 is 1.08 bits per heavy atom. The molecule has 0 fully saturated rings. The summed E-state index contributed by atoms with van der Waals surface area (Å²) in [5, 5.41) is 0. The van der Waals surface area contributed by atoms with E-state index in [9.17, 15) is 4.79 Å². The van der Waals surface area contributed by atoms with Crippen LogP contribution in [0.5, 0.6) is 0 Å². The highest BCUT2D eigenvalue weighted by atomic mass is 16.6. The van der Waals surface area contributed by atoms with Gasteiger partial charge in [0, 0.05) is 5.57 Å². The summed E-state index contributed by atoms with van der Waals surface area (Å²) < 4.78 is 17.0. The molecule has 0 saturated carbocycles. The number of unbranched alkanes of at least 4 members (excludes halogenated alkanes) is 15. The fraction of sp³-hybridized carbons (Fsp3) is 0.906. The van der Waals surface area contributed by atoms with Crippen molar-refractivity contribution in [3.05, 3.63) is 12.2 Å². The molecule has 2 unspecified atom stereocenters. The van der Waals surface area contributed by atoms with Crippen LogP contribution in [0.4, 0.5) is 0 Å². The van der Waals surface area contributed by atoms with Crippen LogP contribution in [0.15, 0.2) is 12.2 Å². The summed E-state index contributed by atoms with van der Waals surface area (Å²) in [5.41, 5.74) is 0.419. The van der Waals surface area contributed by atoms with Crippen molar-refractivity contribution in [2.75, 3.05) is 26.4 Å². The minimum atomic E-state index is -0.356. The van der Waals surface area contributed by atoms with E-state index in [-0.39, 0.29) is 12.6 Å². The average molecular weight is 511 g/mol. The predicted molar refractivity (Wildman–Crippen MR) is 155 cm³/mol. The number of ether oxygens (including phenoxy) is 3. The molecule has 214 valence electrons. The van der Waals surface area contributed by atoms with Gasteiger partial charge in [-0.1, -0.05) is 137 Å². The van der Waals surface area contributed by atoms with Gasteiger partial charge >= 0.3 is 5.97 Å². The number of rotatable bonds is 28. The van der Waals surface area contributed by atoms with E-state index in [1.807, 2.05) is 0 Å². The number of carbonyl (C=O) groups is 1. The molecule has 0 rings (SSSR count). The highest BCUT2D eigenvalue weighted by molar-refractivity contribution is 5.86. The zero-order valence-corrected chi connectivity index (χ0v) is 24.8. The van der Waals surface area contributed by atoms with Gasteiger partial charge < -0.3 is 14.2 Å². The van der Waals surface area contributed by atoms with Gasteiger partial charge in [-0.25, -0.2) is 4.79 Å². The lowest BCUT2D eigenvalue weighted by molar-refractivity contribution is -0.140. The monoisotopic (exact) mass is 510 g/mol. The third-order valence-corrected chi connectivity index (χ3v) is 7.11. The van der Waals surface area contributed by atoms with Crippen LogP contribution < -0.4 is 0 Å². The van der Waals surface area contributed by atoms with Crippen LogP contribution >= 0.6 is 0 Å². The largest absolute Gasteiger partial charge is 0.460 e. The van der Waals surface area contributed by atoms with Gasteiger partial charge in [0.1, 0.15) is 6.61 Å². The summed E-state index contributed by atoms with van der Waals surface area (Å²) in [5.74, 6) is 0.237. The topological polar surface area (TPSA) is 44.8 Å². The molecule has 0 heterocycles. The number of carbonyl (C=O) groups excluding carboxylic acids is 1. The summed E-state index contributed by atoms with van der Waals surface area (Å²) in [6.07, 6.45) is 26.0. The second-order valence-electron chi connectivity index (χ2n) is 10.8. The highest BCUT2D eigenvalue weighted by Gasteiger charge is 2.17. The first-order chi connectivity index (χ1) is 17.5. The van der Waals surface area contributed by atoms with Gasteiger partial charge in [0.15, 0.2) is 0 Å². The maximum atomic E-state index is 11.4. The first-order valence-electron chi connectivity index (χ1n) is 15.5. The standard InChI is InChI=1S/C32H62O4/c1-6-8-10-12-14-15-16-17-18-20-22-24-31(30(5)23-21-19-13-11-9-7-2)35-27-25-34-26-28-36-32(33)29(3)4/h30-31H,3,6-28H2,1-2,4-5H3. The zero-order chi connectivity index (χ0) is 26.7. The summed E-state index contributed by atoms with van der Waals surface area (Å²) >= 11 is 0. The Kier molecular flexibility index (Phi) is 26.5. The van der Waals surface area contributed by atoms with Crippen molar-refractivity contribution >= 4 is 5.97 Å². The molecule has 0 spiro atoms. The quantitative estimate of drug-likeness (QED) is 0.0597. The lowest BCUT2D eigenvalue weighted by atomic mass is 9.93. The normalized spacial score (nSPS) is 13.0. The van der Waals surface area contributed by atoms with Gasteiger partial charge in [-0.15, -0.1) is 0 Å². The van der Waals surface area contributed by atoms with Gasteiger partial charge in [-0.3, -0.25) is 0 Å². The Morgan fingerprint density at radius 3 is 1.58 bits per heavy atom. The van der Waals surface area contributed by atoms with Crippen LogP contribution in [0.1, 0.15) is 150 Å². The van der Waals surface area contributed by atoms with Crippen LogP contribution in [0.25, 0.3) is 0 Å². The van der Waals surface area contributed by atoms with E-state index in [4.69, 9.17) is 14.2 Å². The first-order valence-corrected chi connectivity index (χ1v) is 15.5. The molecule has 0 aliphatic carbocycles. The van der Waals surface area contributed by atoms with E-state index >= 15 is 0 Å². The predicted octanol–water partition coefficient (Wildman–Crippen LogP) is 9.60. The molecule has 0 amide bonds. The van der Waals surface area contributed by atoms with E-state index in [2.05, 4.69) is 27.4 Å². The Labute approximate surface area is 225 Å². The highest BCUT2D eigenvalue weighted by Crippen LogP contribution is 2.22. The van der Waals surface area contributed by atoms with Gasteiger partial charge in [-0.2, -0.15) is 0 Å². The second kappa shape index (κ2) is 27.2. The van der Waals surface area contributed by atoms with Crippen molar-refractivity contribution in [2.24, 2.45) is 5.92 Å². The maximum Gasteiger partial charge on any atom is 0.333 e. The number of hydrogen-bond acceptors (Lipinski definition) is 4. The van der Waals surface area contributed by atoms with Crippen molar-refractivity contribution in [1.29, 1.82) is 0 Å². The summed E-state index contributed by atoms with van der Waals surface area (Å²) in [6, 6.07) is 0. The third-order valence-electron chi connectivity index (χ3n) is 7.11. The van der Waals surface area contributed by atoms with E-state index in [0.717, 1.165) is 6.42 Å². The summed E-state index contributed by atoms with van der Waals surface area (Å²) in [6.45, 7) is 14.0. The molecule has 0 N–H and O–H groups in total. The minimum Gasteiger partial charge on any atom is -0.460 e. The van der Waals surface area contributed by atoms with Crippen molar-refractivity contribution in [3.63, 3.8) is 0 Å². The van der Waals surface area contributed by atoms with Gasteiger partial charge in [0.05, 0.1) is 25.9 Å². The van der Waals surface area contributed by atoms with Crippen molar-refractivity contribution in [3.8, 4) is 0 Å². The van der Waals surface area contributed by atoms with Crippen LogP contribution in [0, 0.1) is 5.92 Å². The fourth-order valence-electron chi connectivity index (χ4n) is 4.65. The van der Waals surface area contributed by atoms with Crippen LogP contribution in [0.3, 0.4) is 0 Å². The molecular formula is C32H62O4. The van der Waals surface area contributed by atoms with Crippen LogP contribution in [-0.2, 0) is 19.0 Å². The second-order valence-corrected chi connectivity index (χ2v) is 10.8. The smallest absolute Gasteiger partial charge is 0.333 e. The third kappa shape index (κ3) is 23.5. The van der Waals surface area contributed by atoms with Gasteiger partial charge in [0.2, 0.25) is 0 Å². The molecule has 0 aromatic heterocycles. The Hall–Kier alpha value is -0.870. The molecule has 36 heavy (non-hydrogen) atoms. The van der Waals surface area contributed by atoms with E-state index < -0.39 is 0 Å². The SMILES string of the molecule is C=C(C)C(=O)OCCOCCOC(CCCCCCCCCCCCC)C(C)CCCCCCCC. The number of esters is 1. The lowest BCUT2D eigenvalue weighted by Crippen LogP contribution is -2.24. The molecule has 0 bridgehead atoms. The van der Waals surface area contributed by atoms with E-state index in [1.165, 1.54) is 116 Å². The van der Waals surface area contributed by atoms with Gasteiger partial charge in [0.25, 0.3) is 0 Å². The Balaban J connectivity index is 4.09. The molecular weight excluding hydrogens is 448 g/mol. The molecule has 0 radical (unpaired) electrons. The minimum absolute atomic E-state index is 0.266. The average Bonchev–Trinajstić information content (AvgIpc) is 2.87. The first kappa shape index (κ1) is 35.1. The van der Waals surface area contributed by atoms with E-state index in [0.29, 0.717) is 37.4 Å². The van der Waals surface area contributed by atoms with Crippen LogP contribution in [-0.4, -0.2) is 38.5 Å². The van der Waals surface area contributed by atoms with Gasteiger partial charge in [-0.05, 0) is 25.7 Å². The molecule has 0 aliphatic heterocycles. The molecule has 4 heteroatoms. The molecule has 4 nitrogen and oxygen atoms in total. The molecule has 0 aromatic rings. The number of hydrogen-bond donors (Lipinski definition) is 0. The van der Waals surface area contributed by atoms with E-state index in [1.54, 1.807) is 6.92 Å². The lowest BCUT2D eigenvalue weighted by Gasteiger charge is -2.25. The zero-order valence-electron chi connectivity index (χ0n) is 24.8. The van der Waals surface area contributed by atoms with Crippen molar-refractivity contribution in [1.82, 2.24) is 0 Å². The van der Waals surface area contributed by atoms with Crippen molar-refractivity contribution < 1.29 is 19.0 Å². The maximum absolute atomic E-state index is 11.4. The summed E-state index contributed by atoms with van der Waals surface area (Å²) in [4.78, 5) is 11.4. The Morgan fingerprint density at radius 1 is 0.639 bits per heavy atom. The van der Waals surface area contributed by atoms with Crippen molar-refractivity contribution in [2.45, 2.75) is 156 Å². The Bertz CT molecular complexity index is 491. The molecule has 0 saturated heterocycles.